The first-order valence-electron chi connectivity index (χ1n) is 10.7. The summed E-state index contributed by atoms with van der Waals surface area (Å²) in [6.07, 6.45) is 3.66. The van der Waals surface area contributed by atoms with Crippen molar-refractivity contribution in [3.8, 4) is 0 Å². The van der Waals surface area contributed by atoms with Gasteiger partial charge in [-0.05, 0) is 40.0 Å². The monoisotopic (exact) mass is 421 g/mol. The Labute approximate surface area is 178 Å². The van der Waals surface area contributed by atoms with Crippen LogP contribution in [0.1, 0.15) is 51.7 Å². The minimum atomic E-state index is -0.487. The van der Waals surface area contributed by atoms with E-state index in [-0.39, 0.29) is 12.1 Å². The SMILES string of the molecule is CN=C(NCCN(C(=O)OC(C)(C)C)C1CC1)NC1CCc2nc(COC)nn2C1. The molecule has 1 aromatic heterocycles. The number of amides is 1. The first kappa shape index (κ1) is 22.3. The molecule has 1 saturated carbocycles. The molecular weight excluding hydrogens is 386 g/mol. The van der Waals surface area contributed by atoms with Gasteiger partial charge in [0, 0.05) is 45.8 Å². The molecular formula is C20H35N7O3. The van der Waals surface area contributed by atoms with Crippen molar-refractivity contribution in [2.45, 2.75) is 77.3 Å². The van der Waals surface area contributed by atoms with Gasteiger partial charge < -0.3 is 25.0 Å². The molecule has 1 aromatic rings. The minimum Gasteiger partial charge on any atom is -0.444 e. The first-order chi connectivity index (χ1) is 14.3. The molecule has 0 aromatic carbocycles. The van der Waals surface area contributed by atoms with Crippen molar-refractivity contribution in [1.82, 2.24) is 30.3 Å². The molecule has 2 aliphatic rings. The van der Waals surface area contributed by atoms with Crippen LogP contribution in [0.15, 0.2) is 4.99 Å². The van der Waals surface area contributed by atoms with E-state index in [0.717, 1.165) is 49.8 Å². The van der Waals surface area contributed by atoms with E-state index >= 15 is 0 Å². The maximum atomic E-state index is 12.5. The fourth-order valence-electron chi connectivity index (χ4n) is 3.48. The van der Waals surface area contributed by atoms with Crippen LogP contribution < -0.4 is 10.6 Å². The lowest BCUT2D eigenvalue weighted by atomic mass is 10.1. The number of nitrogens with zero attached hydrogens (tertiary/aromatic N) is 5. The Morgan fingerprint density at radius 2 is 2.10 bits per heavy atom. The summed E-state index contributed by atoms with van der Waals surface area (Å²) >= 11 is 0. The molecule has 0 radical (unpaired) electrons. The molecule has 168 valence electrons. The van der Waals surface area contributed by atoms with Gasteiger partial charge in [0.05, 0.1) is 6.54 Å². The van der Waals surface area contributed by atoms with Gasteiger partial charge in [0.15, 0.2) is 11.8 Å². The van der Waals surface area contributed by atoms with Crippen molar-refractivity contribution >= 4 is 12.1 Å². The highest BCUT2D eigenvalue weighted by atomic mass is 16.6. The number of methoxy groups -OCH3 is 1. The Morgan fingerprint density at radius 1 is 1.33 bits per heavy atom. The average molecular weight is 422 g/mol. The fraction of sp³-hybridized carbons (Fsp3) is 0.800. The van der Waals surface area contributed by atoms with Crippen molar-refractivity contribution in [3.63, 3.8) is 0 Å². The number of fused-ring (bicyclic) bond motifs is 1. The number of aliphatic imine (C=N–C) groups is 1. The van der Waals surface area contributed by atoms with Gasteiger partial charge in [0.2, 0.25) is 0 Å². The molecule has 1 unspecified atom stereocenters. The number of nitrogens with one attached hydrogen (secondary N) is 2. The number of carbonyl (C=O) groups is 1. The third-order valence-corrected chi connectivity index (χ3v) is 5.00. The summed E-state index contributed by atoms with van der Waals surface area (Å²) in [5, 5.41) is 11.3. The van der Waals surface area contributed by atoms with Crippen LogP contribution >= 0.6 is 0 Å². The van der Waals surface area contributed by atoms with Crippen LogP contribution in [0.4, 0.5) is 4.79 Å². The lowest BCUT2D eigenvalue weighted by Crippen LogP contribution is -2.49. The fourth-order valence-corrected chi connectivity index (χ4v) is 3.48. The van der Waals surface area contributed by atoms with Gasteiger partial charge >= 0.3 is 6.09 Å². The molecule has 0 saturated heterocycles. The molecule has 0 spiro atoms. The third-order valence-electron chi connectivity index (χ3n) is 5.00. The number of guanidine groups is 1. The molecule has 10 nitrogen and oxygen atoms in total. The largest absolute Gasteiger partial charge is 0.444 e. The maximum absolute atomic E-state index is 12.5. The summed E-state index contributed by atoms with van der Waals surface area (Å²) < 4.78 is 12.6. The number of aromatic nitrogens is 3. The average Bonchev–Trinajstić information content (AvgIpc) is 3.42. The van der Waals surface area contributed by atoms with Crippen LogP contribution in [0.2, 0.25) is 0 Å². The van der Waals surface area contributed by atoms with Gasteiger partial charge in [0.25, 0.3) is 0 Å². The predicted octanol–water partition coefficient (Wildman–Crippen LogP) is 1.30. The van der Waals surface area contributed by atoms with Gasteiger partial charge in [-0.3, -0.25) is 4.99 Å². The number of hydrogen-bond acceptors (Lipinski definition) is 6. The Kier molecular flexibility index (Phi) is 7.17. The van der Waals surface area contributed by atoms with Crippen LogP contribution in [0.5, 0.6) is 0 Å². The van der Waals surface area contributed by atoms with E-state index in [1.54, 1.807) is 14.2 Å². The Balaban J connectivity index is 1.47. The van der Waals surface area contributed by atoms with Crippen LogP contribution in [-0.4, -0.2) is 76.6 Å². The Hall–Kier alpha value is -2.36. The van der Waals surface area contributed by atoms with E-state index in [0.29, 0.717) is 25.7 Å². The van der Waals surface area contributed by atoms with Crippen LogP contribution in [0.3, 0.4) is 0 Å². The summed E-state index contributed by atoms with van der Waals surface area (Å²) in [4.78, 5) is 23.1. The molecule has 1 atom stereocenters. The summed E-state index contributed by atoms with van der Waals surface area (Å²) in [7, 11) is 3.40. The zero-order valence-electron chi connectivity index (χ0n) is 18.8. The maximum Gasteiger partial charge on any atom is 0.410 e. The van der Waals surface area contributed by atoms with Gasteiger partial charge in [-0.1, -0.05) is 0 Å². The van der Waals surface area contributed by atoms with E-state index in [2.05, 4.69) is 25.7 Å². The van der Waals surface area contributed by atoms with E-state index in [9.17, 15) is 4.79 Å². The molecule has 1 amide bonds. The molecule has 2 heterocycles. The number of carbonyl (C=O) groups excluding carboxylic acids is 1. The summed E-state index contributed by atoms with van der Waals surface area (Å²) in [6.45, 7) is 8.03. The van der Waals surface area contributed by atoms with E-state index in [4.69, 9.17) is 9.47 Å². The zero-order chi connectivity index (χ0) is 21.7. The van der Waals surface area contributed by atoms with Crippen molar-refractivity contribution in [2.24, 2.45) is 4.99 Å². The molecule has 10 heteroatoms. The van der Waals surface area contributed by atoms with Gasteiger partial charge in [-0.2, -0.15) is 5.10 Å². The van der Waals surface area contributed by atoms with Gasteiger partial charge in [0.1, 0.15) is 18.0 Å². The lowest BCUT2D eigenvalue weighted by molar-refractivity contribution is 0.0237. The van der Waals surface area contributed by atoms with Crippen LogP contribution in [0.25, 0.3) is 0 Å². The highest BCUT2D eigenvalue weighted by Gasteiger charge is 2.35. The van der Waals surface area contributed by atoms with Crippen molar-refractivity contribution in [3.05, 3.63) is 11.6 Å². The Bertz CT molecular complexity index is 752. The predicted molar refractivity (Wildman–Crippen MR) is 113 cm³/mol. The van der Waals surface area contributed by atoms with E-state index in [1.807, 2.05) is 30.4 Å². The van der Waals surface area contributed by atoms with Crippen molar-refractivity contribution in [2.75, 3.05) is 27.2 Å². The first-order valence-corrected chi connectivity index (χ1v) is 10.7. The molecule has 1 aliphatic carbocycles. The van der Waals surface area contributed by atoms with Gasteiger partial charge in [-0.25, -0.2) is 14.5 Å². The highest BCUT2D eigenvalue weighted by molar-refractivity contribution is 5.80. The quantitative estimate of drug-likeness (QED) is 0.505. The second-order valence-electron chi connectivity index (χ2n) is 8.84. The number of ether oxygens (including phenoxy) is 2. The summed E-state index contributed by atoms with van der Waals surface area (Å²) in [5.74, 6) is 2.44. The zero-order valence-corrected chi connectivity index (χ0v) is 18.8. The minimum absolute atomic E-state index is 0.214. The molecule has 2 N–H and O–H groups in total. The molecule has 1 aliphatic heterocycles. The summed E-state index contributed by atoms with van der Waals surface area (Å²) in [6, 6.07) is 0.508. The molecule has 1 fully saturated rings. The van der Waals surface area contributed by atoms with E-state index < -0.39 is 5.60 Å². The number of aryl methyl sites for hydroxylation is 1. The van der Waals surface area contributed by atoms with Gasteiger partial charge in [-0.15, -0.1) is 0 Å². The van der Waals surface area contributed by atoms with Crippen molar-refractivity contribution < 1.29 is 14.3 Å². The standard InChI is InChI=1S/C20H35N7O3/c1-20(2,3)30-19(28)26(15-7-8-15)11-10-22-18(21-4)23-14-6-9-17-24-16(13-29-5)25-27(17)12-14/h14-15H,6-13H2,1-5H3,(H2,21,22,23). The molecule has 0 bridgehead atoms. The highest BCUT2D eigenvalue weighted by Crippen LogP contribution is 2.28. The van der Waals surface area contributed by atoms with Crippen LogP contribution in [-0.2, 0) is 29.0 Å². The van der Waals surface area contributed by atoms with Crippen molar-refractivity contribution in [1.29, 1.82) is 0 Å². The third kappa shape index (κ3) is 6.32. The lowest BCUT2D eigenvalue weighted by Gasteiger charge is -2.28. The number of rotatable bonds is 7. The normalized spacial score (nSPS) is 19.2. The topological polar surface area (TPSA) is 106 Å². The molecule has 30 heavy (non-hydrogen) atoms. The number of hydrogen-bond donors (Lipinski definition) is 2. The second-order valence-corrected chi connectivity index (χ2v) is 8.84. The second kappa shape index (κ2) is 9.63. The molecule has 3 rings (SSSR count). The summed E-state index contributed by atoms with van der Waals surface area (Å²) in [5.41, 5.74) is -0.487. The van der Waals surface area contributed by atoms with E-state index in [1.165, 1.54) is 0 Å². The smallest absolute Gasteiger partial charge is 0.410 e. The van der Waals surface area contributed by atoms with Crippen LogP contribution in [0, 0.1) is 0 Å². The Morgan fingerprint density at radius 3 is 2.73 bits per heavy atom.